The lowest BCUT2D eigenvalue weighted by atomic mass is 10.3. The normalized spacial score (nSPS) is 11.3. The lowest BCUT2D eigenvalue weighted by molar-refractivity contribution is -0.386. The molecule has 0 N–H and O–H groups in total. The summed E-state index contributed by atoms with van der Waals surface area (Å²) in [4.78, 5) is 22.8. The van der Waals surface area contributed by atoms with Crippen molar-refractivity contribution >= 4 is 11.6 Å². The summed E-state index contributed by atoms with van der Waals surface area (Å²) in [5.41, 5.74) is -0.0401. The van der Waals surface area contributed by atoms with E-state index < -0.39 is 30.1 Å². The highest BCUT2D eigenvalue weighted by atomic mass is 19.4. The molecule has 1 aromatic rings. The standard InChI is InChI=1S/C12H15F3N4O3/c1-4-5-17(7-12(13,14)15)10(20)6-18-9(3)11(19(21)22)8(2)16-18/h4H,1,5-7H2,2-3H3. The molecule has 7 nitrogen and oxygen atoms in total. The molecule has 0 saturated carbocycles. The fraction of sp³-hybridized carbons (Fsp3) is 0.500. The summed E-state index contributed by atoms with van der Waals surface area (Å²) in [5, 5.41) is 14.7. The number of aryl methyl sites for hydroxylation is 1. The highest BCUT2D eigenvalue weighted by Gasteiger charge is 2.33. The summed E-state index contributed by atoms with van der Waals surface area (Å²) in [6.45, 7) is 3.88. The van der Waals surface area contributed by atoms with E-state index in [0.29, 0.717) is 4.90 Å². The molecular weight excluding hydrogens is 305 g/mol. The molecule has 1 heterocycles. The number of alkyl halides is 3. The van der Waals surface area contributed by atoms with Crippen LogP contribution < -0.4 is 0 Å². The Hall–Kier alpha value is -2.39. The summed E-state index contributed by atoms with van der Waals surface area (Å²) >= 11 is 0. The van der Waals surface area contributed by atoms with Gasteiger partial charge < -0.3 is 4.90 Å². The van der Waals surface area contributed by atoms with Gasteiger partial charge in [-0.1, -0.05) is 6.08 Å². The van der Waals surface area contributed by atoms with Gasteiger partial charge in [0.15, 0.2) is 0 Å². The number of hydrogen-bond acceptors (Lipinski definition) is 4. The van der Waals surface area contributed by atoms with Crippen LogP contribution in [0.2, 0.25) is 0 Å². The maximum atomic E-state index is 12.4. The van der Waals surface area contributed by atoms with E-state index in [0.717, 1.165) is 4.68 Å². The number of halogens is 3. The van der Waals surface area contributed by atoms with Crippen LogP contribution in [-0.4, -0.2) is 44.8 Å². The summed E-state index contributed by atoms with van der Waals surface area (Å²) in [6, 6.07) is 0. The molecule has 0 saturated heterocycles. The Bertz CT molecular complexity index is 595. The van der Waals surface area contributed by atoms with Crippen molar-refractivity contribution in [2.45, 2.75) is 26.6 Å². The third-order valence-electron chi connectivity index (χ3n) is 2.88. The number of rotatable bonds is 6. The minimum absolute atomic E-state index is 0.0985. The Morgan fingerprint density at radius 1 is 1.50 bits per heavy atom. The smallest absolute Gasteiger partial charge is 0.328 e. The fourth-order valence-corrected chi connectivity index (χ4v) is 1.96. The molecule has 10 heteroatoms. The maximum absolute atomic E-state index is 12.4. The monoisotopic (exact) mass is 320 g/mol. The molecule has 0 aliphatic carbocycles. The van der Waals surface area contributed by atoms with Gasteiger partial charge in [-0.25, -0.2) is 0 Å². The first kappa shape index (κ1) is 17.7. The average molecular weight is 320 g/mol. The van der Waals surface area contributed by atoms with Crippen molar-refractivity contribution in [2.75, 3.05) is 13.1 Å². The van der Waals surface area contributed by atoms with Gasteiger partial charge in [0, 0.05) is 6.54 Å². The van der Waals surface area contributed by atoms with Crippen molar-refractivity contribution in [1.82, 2.24) is 14.7 Å². The predicted molar refractivity (Wildman–Crippen MR) is 71.2 cm³/mol. The van der Waals surface area contributed by atoms with Gasteiger partial charge in [-0.2, -0.15) is 18.3 Å². The number of nitro groups is 1. The predicted octanol–water partition coefficient (Wildman–Crippen LogP) is 1.99. The average Bonchev–Trinajstić information content (AvgIpc) is 2.62. The van der Waals surface area contributed by atoms with Crippen LogP contribution in [0.25, 0.3) is 0 Å². The van der Waals surface area contributed by atoms with E-state index in [9.17, 15) is 28.1 Å². The quantitative estimate of drug-likeness (QED) is 0.456. The topological polar surface area (TPSA) is 81.3 Å². The summed E-state index contributed by atoms with van der Waals surface area (Å²) in [6.07, 6.45) is -3.37. The van der Waals surface area contributed by atoms with Crippen molar-refractivity contribution in [3.8, 4) is 0 Å². The van der Waals surface area contributed by atoms with Gasteiger partial charge in [-0.05, 0) is 13.8 Å². The fourth-order valence-electron chi connectivity index (χ4n) is 1.96. The molecule has 0 aromatic carbocycles. The molecule has 0 fully saturated rings. The minimum atomic E-state index is -4.54. The lowest BCUT2D eigenvalue weighted by Crippen LogP contribution is -2.41. The number of hydrogen-bond donors (Lipinski definition) is 0. The van der Waals surface area contributed by atoms with Crippen LogP contribution in [0.15, 0.2) is 12.7 Å². The SMILES string of the molecule is C=CCN(CC(F)(F)F)C(=O)Cn1nc(C)c([N+](=O)[O-])c1C. The van der Waals surface area contributed by atoms with Crippen molar-refractivity contribution < 1.29 is 22.9 Å². The second-order valence-electron chi connectivity index (χ2n) is 4.61. The van der Waals surface area contributed by atoms with Gasteiger partial charge >= 0.3 is 11.9 Å². The third-order valence-corrected chi connectivity index (χ3v) is 2.88. The molecule has 1 amide bonds. The highest BCUT2D eigenvalue weighted by Crippen LogP contribution is 2.22. The first-order chi connectivity index (χ1) is 10.1. The van der Waals surface area contributed by atoms with Gasteiger partial charge in [-0.3, -0.25) is 19.6 Å². The molecule has 1 aromatic heterocycles. The first-order valence-corrected chi connectivity index (χ1v) is 6.20. The number of nitrogens with zero attached hydrogens (tertiary/aromatic N) is 4. The molecule has 0 unspecified atom stereocenters. The zero-order valence-corrected chi connectivity index (χ0v) is 12.1. The second kappa shape index (κ2) is 6.58. The molecule has 0 bridgehead atoms. The molecule has 0 atom stereocenters. The third kappa shape index (κ3) is 4.30. The van der Waals surface area contributed by atoms with Crippen LogP contribution in [0.1, 0.15) is 11.4 Å². The van der Waals surface area contributed by atoms with E-state index in [-0.39, 0.29) is 23.6 Å². The van der Waals surface area contributed by atoms with Gasteiger partial charge in [0.1, 0.15) is 24.5 Å². The lowest BCUT2D eigenvalue weighted by Gasteiger charge is -2.22. The molecule has 0 radical (unpaired) electrons. The Kier molecular flexibility index (Phi) is 5.28. The number of amides is 1. The summed E-state index contributed by atoms with van der Waals surface area (Å²) in [7, 11) is 0. The van der Waals surface area contributed by atoms with Gasteiger partial charge in [-0.15, -0.1) is 6.58 Å². The van der Waals surface area contributed by atoms with Crippen LogP contribution >= 0.6 is 0 Å². The first-order valence-electron chi connectivity index (χ1n) is 6.20. The Morgan fingerprint density at radius 3 is 2.50 bits per heavy atom. The van der Waals surface area contributed by atoms with Gasteiger partial charge in [0.2, 0.25) is 5.91 Å². The Morgan fingerprint density at radius 2 is 2.09 bits per heavy atom. The minimum Gasteiger partial charge on any atom is -0.328 e. The van der Waals surface area contributed by atoms with E-state index >= 15 is 0 Å². The van der Waals surface area contributed by atoms with E-state index in [4.69, 9.17) is 0 Å². The van der Waals surface area contributed by atoms with Crippen molar-refractivity contribution in [1.29, 1.82) is 0 Å². The number of carbonyl (C=O) groups is 1. The van der Waals surface area contributed by atoms with E-state index in [1.165, 1.54) is 19.9 Å². The zero-order valence-electron chi connectivity index (χ0n) is 12.1. The van der Waals surface area contributed by atoms with E-state index in [1.807, 2.05) is 0 Å². The summed E-state index contributed by atoms with van der Waals surface area (Å²) in [5.74, 6) is -0.849. The molecule has 0 aliphatic heterocycles. The second-order valence-corrected chi connectivity index (χ2v) is 4.61. The molecule has 0 spiro atoms. The van der Waals surface area contributed by atoms with Crippen LogP contribution in [-0.2, 0) is 11.3 Å². The maximum Gasteiger partial charge on any atom is 0.406 e. The Balaban J connectivity index is 2.97. The molecule has 1 rings (SSSR count). The molecular formula is C12H15F3N4O3. The summed E-state index contributed by atoms with van der Waals surface area (Å²) < 4.78 is 38.4. The molecule has 0 aliphatic rings. The van der Waals surface area contributed by atoms with Crippen LogP contribution in [0.5, 0.6) is 0 Å². The van der Waals surface area contributed by atoms with Crippen LogP contribution in [0, 0.1) is 24.0 Å². The van der Waals surface area contributed by atoms with Crippen molar-refractivity contribution in [3.63, 3.8) is 0 Å². The highest BCUT2D eigenvalue weighted by molar-refractivity contribution is 5.76. The largest absolute Gasteiger partial charge is 0.406 e. The van der Waals surface area contributed by atoms with Crippen molar-refractivity contribution in [2.24, 2.45) is 0 Å². The van der Waals surface area contributed by atoms with Crippen LogP contribution in [0.4, 0.5) is 18.9 Å². The van der Waals surface area contributed by atoms with Gasteiger partial charge in [0.05, 0.1) is 4.92 Å². The van der Waals surface area contributed by atoms with Crippen LogP contribution in [0.3, 0.4) is 0 Å². The zero-order chi connectivity index (χ0) is 17.1. The van der Waals surface area contributed by atoms with Gasteiger partial charge in [0.25, 0.3) is 0 Å². The molecule has 122 valence electrons. The Labute approximate surface area is 124 Å². The molecule has 22 heavy (non-hydrogen) atoms. The van der Waals surface area contributed by atoms with E-state index in [2.05, 4.69) is 11.7 Å². The van der Waals surface area contributed by atoms with Crippen molar-refractivity contribution in [3.05, 3.63) is 34.2 Å². The van der Waals surface area contributed by atoms with E-state index in [1.54, 1.807) is 0 Å². The number of carbonyl (C=O) groups excluding carboxylic acids is 1. The number of aromatic nitrogens is 2.